The number of hydrogen-bond donors (Lipinski definition) is 0. The van der Waals surface area contributed by atoms with E-state index in [4.69, 9.17) is 5.26 Å². The number of rotatable bonds is 3. The highest BCUT2D eigenvalue weighted by Gasteiger charge is 2.13. The van der Waals surface area contributed by atoms with Gasteiger partial charge in [0, 0.05) is 12.3 Å². The van der Waals surface area contributed by atoms with Crippen molar-refractivity contribution < 1.29 is 0 Å². The average molecular weight is 221 g/mol. The fraction of sp³-hybridized carbons (Fsp3) is 0.188. The zero-order valence-corrected chi connectivity index (χ0v) is 9.93. The lowest BCUT2D eigenvalue weighted by Crippen LogP contribution is -2.00. The summed E-state index contributed by atoms with van der Waals surface area (Å²) in [5.41, 5.74) is 3.67. The predicted octanol–water partition coefficient (Wildman–Crippen LogP) is 4.04. The summed E-state index contributed by atoms with van der Waals surface area (Å²) in [5, 5.41) is 8.98. The van der Waals surface area contributed by atoms with Crippen molar-refractivity contribution in [3.63, 3.8) is 0 Å². The van der Waals surface area contributed by atoms with Gasteiger partial charge >= 0.3 is 0 Å². The summed E-state index contributed by atoms with van der Waals surface area (Å²) >= 11 is 0. The van der Waals surface area contributed by atoms with Gasteiger partial charge in [-0.3, -0.25) is 0 Å². The molecule has 17 heavy (non-hydrogen) atoms. The van der Waals surface area contributed by atoms with Crippen molar-refractivity contribution in [3.8, 4) is 6.07 Å². The van der Waals surface area contributed by atoms with E-state index >= 15 is 0 Å². The van der Waals surface area contributed by atoms with Crippen LogP contribution >= 0.6 is 0 Å². The molecule has 0 aliphatic carbocycles. The molecular formula is C16H15N. The van der Waals surface area contributed by atoms with Gasteiger partial charge in [-0.1, -0.05) is 60.2 Å². The third-order valence-corrected chi connectivity index (χ3v) is 2.94. The molecule has 1 nitrogen and oxygen atoms in total. The smallest absolute Gasteiger partial charge is 0.0631 e. The van der Waals surface area contributed by atoms with Gasteiger partial charge in [0.05, 0.1) is 6.07 Å². The molecule has 0 radical (unpaired) electrons. The van der Waals surface area contributed by atoms with Gasteiger partial charge in [0.1, 0.15) is 0 Å². The van der Waals surface area contributed by atoms with Crippen LogP contribution in [0.2, 0.25) is 0 Å². The number of nitriles is 1. The van der Waals surface area contributed by atoms with Crippen molar-refractivity contribution >= 4 is 0 Å². The molecule has 0 heterocycles. The summed E-state index contributed by atoms with van der Waals surface area (Å²) in [6, 6.07) is 20.9. The van der Waals surface area contributed by atoms with Crippen LogP contribution in [0.5, 0.6) is 0 Å². The van der Waals surface area contributed by atoms with Crippen molar-refractivity contribution in [1.29, 1.82) is 5.26 Å². The molecule has 0 N–H and O–H groups in total. The highest BCUT2D eigenvalue weighted by molar-refractivity contribution is 5.35. The lowest BCUT2D eigenvalue weighted by molar-refractivity contribution is 0.837. The monoisotopic (exact) mass is 221 g/mol. The third-order valence-electron chi connectivity index (χ3n) is 2.94. The molecule has 0 aliphatic rings. The molecule has 2 aromatic rings. The summed E-state index contributed by atoms with van der Waals surface area (Å²) in [4.78, 5) is 0. The fourth-order valence-electron chi connectivity index (χ4n) is 2.09. The van der Waals surface area contributed by atoms with E-state index in [1.54, 1.807) is 0 Å². The Morgan fingerprint density at radius 3 is 2.35 bits per heavy atom. The number of nitrogens with zero attached hydrogens (tertiary/aromatic N) is 1. The highest BCUT2D eigenvalue weighted by atomic mass is 14.3. The summed E-state index contributed by atoms with van der Waals surface area (Å²) in [7, 11) is 0. The largest absolute Gasteiger partial charge is 0.198 e. The molecule has 0 spiro atoms. The van der Waals surface area contributed by atoms with Gasteiger partial charge < -0.3 is 0 Å². The fourth-order valence-corrected chi connectivity index (χ4v) is 2.09. The number of aryl methyl sites for hydroxylation is 1. The average Bonchev–Trinajstić information content (AvgIpc) is 2.37. The molecule has 2 rings (SSSR count). The van der Waals surface area contributed by atoms with E-state index in [0.717, 1.165) is 0 Å². The minimum Gasteiger partial charge on any atom is -0.198 e. The second-order valence-corrected chi connectivity index (χ2v) is 4.24. The molecular weight excluding hydrogens is 206 g/mol. The molecule has 2 aromatic carbocycles. The summed E-state index contributed by atoms with van der Waals surface area (Å²) in [6.07, 6.45) is 0.521. The first-order chi connectivity index (χ1) is 8.31. The van der Waals surface area contributed by atoms with E-state index in [0.29, 0.717) is 6.42 Å². The van der Waals surface area contributed by atoms with Crippen molar-refractivity contribution in [1.82, 2.24) is 0 Å². The lowest BCUT2D eigenvalue weighted by atomic mass is 9.88. The molecule has 1 heteroatoms. The van der Waals surface area contributed by atoms with E-state index < -0.39 is 0 Å². The van der Waals surface area contributed by atoms with Crippen molar-refractivity contribution in [2.24, 2.45) is 0 Å². The standard InChI is InChI=1S/C16H15N/c1-13-6-5-9-15(12-13)16(10-11-17)14-7-3-2-4-8-14/h2-9,12,16H,10H2,1H3. The molecule has 0 aliphatic heterocycles. The lowest BCUT2D eigenvalue weighted by Gasteiger charge is -2.15. The summed E-state index contributed by atoms with van der Waals surface area (Å²) < 4.78 is 0. The maximum atomic E-state index is 8.98. The Balaban J connectivity index is 2.40. The van der Waals surface area contributed by atoms with Gasteiger partial charge in [-0.25, -0.2) is 0 Å². The Morgan fingerprint density at radius 2 is 1.71 bits per heavy atom. The zero-order chi connectivity index (χ0) is 12.1. The normalized spacial score (nSPS) is 11.8. The van der Waals surface area contributed by atoms with E-state index in [9.17, 15) is 0 Å². The molecule has 1 unspecified atom stereocenters. The Kier molecular flexibility index (Phi) is 3.57. The molecule has 0 saturated carbocycles. The Hall–Kier alpha value is -2.07. The molecule has 0 fully saturated rings. The minimum atomic E-state index is 0.182. The Morgan fingerprint density at radius 1 is 1.00 bits per heavy atom. The molecule has 0 bridgehead atoms. The SMILES string of the molecule is Cc1cccc(C(CC#N)c2ccccc2)c1. The second-order valence-electron chi connectivity index (χ2n) is 4.24. The first-order valence-electron chi connectivity index (χ1n) is 5.79. The molecule has 0 saturated heterocycles. The summed E-state index contributed by atoms with van der Waals surface area (Å²) in [6.45, 7) is 2.08. The first kappa shape index (κ1) is 11.4. The van der Waals surface area contributed by atoms with E-state index in [1.807, 2.05) is 18.2 Å². The van der Waals surface area contributed by atoms with E-state index in [2.05, 4.69) is 49.4 Å². The molecule has 0 amide bonds. The van der Waals surface area contributed by atoms with Crippen LogP contribution in [-0.2, 0) is 0 Å². The maximum Gasteiger partial charge on any atom is 0.0631 e. The first-order valence-corrected chi connectivity index (χ1v) is 5.79. The minimum absolute atomic E-state index is 0.182. The maximum absolute atomic E-state index is 8.98. The van der Waals surface area contributed by atoms with Gasteiger partial charge in [0.25, 0.3) is 0 Å². The quantitative estimate of drug-likeness (QED) is 0.767. The van der Waals surface area contributed by atoms with Crippen LogP contribution in [0.3, 0.4) is 0 Å². The van der Waals surface area contributed by atoms with E-state index in [1.165, 1.54) is 16.7 Å². The summed E-state index contributed by atoms with van der Waals surface area (Å²) in [5.74, 6) is 0.182. The second kappa shape index (κ2) is 5.32. The topological polar surface area (TPSA) is 23.8 Å². The molecule has 1 atom stereocenters. The van der Waals surface area contributed by atoms with Crippen LogP contribution in [0.4, 0.5) is 0 Å². The van der Waals surface area contributed by atoms with Gasteiger partial charge in [-0.05, 0) is 18.1 Å². The number of benzene rings is 2. The van der Waals surface area contributed by atoms with Crippen LogP contribution in [0.25, 0.3) is 0 Å². The number of hydrogen-bond acceptors (Lipinski definition) is 1. The van der Waals surface area contributed by atoms with Crippen LogP contribution in [0.1, 0.15) is 29.0 Å². The van der Waals surface area contributed by atoms with E-state index in [-0.39, 0.29) is 5.92 Å². The van der Waals surface area contributed by atoms with Gasteiger partial charge in [0.2, 0.25) is 0 Å². The van der Waals surface area contributed by atoms with Crippen LogP contribution in [-0.4, -0.2) is 0 Å². The van der Waals surface area contributed by atoms with Crippen LogP contribution in [0.15, 0.2) is 54.6 Å². The van der Waals surface area contributed by atoms with Gasteiger partial charge in [0.15, 0.2) is 0 Å². The third kappa shape index (κ3) is 2.73. The van der Waals surface area contributed by atoms with Crippen molar-refractivity contribution in [2.75, 3.05) is 0 Å². The molecule has 0 aromatic heterocycles. The van der Waals surface area contributed by atoms with Crippen LogP contribution < -0.4 is 0 Å². The Bertz CT molecular complexity index is 523. The Labute approximate surface area is 102 Å². The van der Waals surface area contributed by atoms with Crippen molar-refractivity contribution in [3.05, 3.63) is 71.3 Å². The van der Waals surface area contributed by atoms with Gasteiger partial charge in [-0.2, -0.15) is 5.26 Å². The van der Waals surface area contributed by atoms with Gasteiger partial charge in [-0.15, -0.1) is 0 Å². The van der Waals surface area contributed by atoms with Crippen LogP contribution in [0, 0.1) is 18.3 Å². The predicted molar refractivity (Wildman–Crippen MR) is 69.7 cm³/mol. The zero-order valence-electron chi connectivity index (χ0n) is 9.93. The van der Waals surface area contributed by atoms with Crippen molar-refractivity contribution in [2.45, 2.75) is 19.3 Å². The molecule has 84 valence electrons. The highest BCUT2D eigenvalue weighted by Crippen LogP contribution is 2.27.